The molecule has 0 bridgehead atoms. The van der Waals surface area contributed by atoms with Crippen molar-refractivity contribution < 1.29 is 4.79 Å². The van der Waals surface area contributed by atoms with Crippen LogP contribution < -0.4 is 11.3 Å². The number of halogens is 1. The van der Waals surface area contributed by atoms with E-state index in [0.717, 1.165) is 26.4 Å². The largest absolute Gasteiger partial charge is 0.294 e. The topological polar surface area (TPSA) is 80.9 Å². The average molecular weight is 341 g/mol. The fourth-order valence-corrected chi connectivity index (χ4v) is 3.34. The molecule has 8 heteroatoms. The van der Waals surface area contributed by atoms with Crippen LogP contribution in [-0.4, -0.2) is 21.6 Å². The third-order valence-corrected chi connectivity index (χ3v) is 4.73. The Labute approximate surface area is 136 Å². The minimum absolute atomic E-state index is 0.224. The first-order chi connectivity index (χ1) is 10.2. The SMILES string of the molecule is NNC(=O)CSc1cc(SCc2ccccc2Cl)ncn1. The third kappa shape index (κ3) is 5.20. The maximum Gasteiger partial charge on any atom is 0.244 e. The second-order valence-electron chi connectivity index (χ2n) is 3.93. The Morgan fingerprint density at radius 3 is 2.67 bits per heavy atom. The summed E-state index contributed by atoms with van der Waals surface area (Å²) >= 11 is 8.99. The Hall–Kier alpha value is -1.28. The van der Waals surface area contributed by atoms with E-state index in [1.54, 1.807) is 11.8 Å². The van der Waals surface area contributed by atoms with Crippen LogP contribution in [0.2, 0.25) is 5.02 Å². The molecule has 1 aromatic heterocycles. The standard InChI is InChI=1S/C13H13ClN4OS2/c14-10-4-2-1-3-9(10)6-20-12-5-13(17-8-16-12)21-7-11(19)18-15/h1-5,8H,6-7,15H2,(H,18,19). The molecular weight excluding hydrogens is 328 g/mol. The normalized spacial score (nSPS) is 10.4. The summed E-state index contributed by atoms with van der Waals surface area (Å²) in [5.74, 6) is 5.73. The average Bonchev–Trinajstić information content (AvgIpc) is 2.52. The predicted octanol–water partition coefficient (Wildman–Crippen LogP) is 2.50. The van der Waals surface area contributed by atoms with Crippen molar-refractivity contribution in [1.82, 2.24) is 15.4 Å². The lowest BCUT2D eigenvalue weighted by Crippen LogP contribution is -2.31. The smallest absolute Gasteiger partial charge is 0.244 e. The molecule has 0 aliphatic heterocycles. The molecule has 0 aliphatic rings. The number of carbonyl (C=O) groups excluding carboxylic acids is 1. The minimum atomic E-state index is -0.246. The van der Waals surface area contributed by atoms with Gasteiger partial charge in [-0.2, -0.15) is 0 Å². The highest BCUT2D eigenvalue weighted by Gasteiger charge is 2.05. The molecule has 1 heterocycles. The van der Waals surface area contributed by atoms with E-state index in [0.29, 0.717) is 0 Å². The van der Waals surface area contributed by atoms with Crippen molar-refractivity contribution in [2.24, 2.45) is 5.84 Å². The predicted molar refractivity (Wildman–Crippen MR) is 86.1 cm³/mol. The first-order valence-electron chi connectivity index (χ1n) is 5.99. The number of aromatic nitrogens is 2. The molecule has 1 amide bonds. The van der Waals surface area contributed by atoms with E-state index in [4.69, 9.17) is 17.4 Å². The molecule has 110 valence electrons. The van der Waals surface area contributed by atoms with Crippen LogP contribution in [0.3, 0.4) is 0 Å². The van der Waals surface area contributed by atoms with E-state index >= 15 is 0 Å². The summed E-state index contributed by atoms with van der Waals surface area (Å²) in [4.78, 5) is 19.4. The van der Waals surface area contributed by atoms with E-state index in [1.165, 1.54) is 18.1 Å². The van der Waals surface area contributed by atoms with E-state index < -0.39 is 0 Å². The van der Waals surface area contributed by atoms with E-state index in [1.807, 2.05) is 30.3 Å². The van der Waals surface area contributed by atoms with Crippen molar-refractivity contribution in [2.75, 3.05) is 5.75 Å². The zero-order valence-electron chi connectivity index (χ0n) is 11.0. The Morgan fingerprint density at radius 1 is 1.24 bits per heavy atom. The second-order valence-corrected chi connectivity index (χ2v) is 6.33. The number of rotatable bonds is 6. The number of hydrogen-bond donors (Lipinski definition) is 2. The summed E-state index contributed by atoms with van der Waals surface area (Å²) in [6.45, 7) is 0. The number of thioether (sulfide) groups is 2. The molecule has 0 saturated heterocycles. The van der Waals surface area contributed by atoms with E-state index in [-0.39, 0.29) is 11.7 Å². The van der Waals surface area contributed by atoms with Crippen LogP contribution in [0.4, 0.5) is 0 Å². The number of nitrogens with one attached hydrogen (secondary N) is 1. The van der Waals surface area contributed by atoms with E-state index in [9.17, 15) is 4.79 Å². The van der Waals surface area contributed by atoms with Gasteiger partial charge >= 0.3 is 0 Å². The van der Waals surface area contributed by atoms with Gasteiger partial charge in [-0.05, 0) is 11.6 Å². The number of nitrogens with zero attached hydrogens (tertiary/aromatic N) is 2. The van der Waals surface area contributed by atoms with Crippen LogP contribution in [0.1, 0.15) is 5.56 Å². The molecule has 0 radical (unpaired) electrons. The maximum atomic E-state index is 11.1. The summed E-state index contributed by atoms with van der Waals surface area (Å²) in [5, 5.41) is 2.31. The van der Waals surface area contributed by atoms with Crippen molar-refractivity contribution in [1.29, 1.82) is 0 Å². The Bertz CT molecular complexity index is 627. The van der Waals surface area contributed by atoms with Gasteiger partial charge in [0.15, 0.2) is 0 Å². The highest BCUT2D eigenvalue weighted by atomic mass is 35.5. The molecule has 0 saturated carbocycles. The van der Waals surface area contributed by atoms with Crippen LogP contribution in [0.5, 0.6) is 0 Å². The number of nitrogens with two attached hydrogens (primary N) is 1. The highest BCUT2D eigenvalue weighted by Crippen LogP contribution is 2.27. The van der Waals surface area contributed by atoms with Gasteiger partial charge in [-0.1, -0.05) is 41.6 Å². The first kappa shape index (κ1) is 16.1. The van der Waals surface area contributed by atoms with Crippen LogP contribution in [0, 0.1) is 0 Å². The first-order valence-corrected chi connectivity index (χ1v) is 8.34. The second kappa shape index (κ2) is 8.23. The van der Waals surface area contributed by atoms with Gasteiger partial charge in [-0.25, -0.2) is 15.8 Å². The zero-order valence-corrected chi connectivity index (χ0v) is 13.3. The summed E-state index contributed by atoms with van der Waals surface area (Å²) in [6, 6.07) is 9.55. The van der Waals surface area contributed by atoms with Gasteiger partial charge in [-0.3, -0.25) is 10.2 Å². The van der Waals surface area contributed by atoms with Crippen LogP contribution in [-0.2, 0) is 10.5 Å². The molecule has 21 heavy (non-hydrogen) atoms. The molecule has 0 aliphatic carbocycles. The van der Waals surface area contributed by atoms with Crippen molar-refractivity contribution in [3.05, 3.63) is 47.2 Å². The Kier molecular flexibility index (Phi) is 6.31. The molecule has 0 atom stereocenters. The van der Waals surface area contributed by atoms with Gasteiger partial charge in [0, 0.05) is 16.8 Å². The van der Waals surface area contributed by atoms with Gasteiger partial charge in [-0.15, -0.1) is 11.8 Å². The molecule has 0 fully saturated rings. The summed E-state index contributed by atoms with van der Waals surface area (Å²) < 4.78 is 0. The molecule has 0 spiro atoms. The Balaban J connectivity index is 1.95. The van der Waals surface area contributed by atoms with Crippen molar-refractivity contribution in [3.8, 4) is 0 Å². The van der Waals surface area contributed by atoms with Gasteiger partial charge in [0.1, 0.15) is 16.4 Å². The minimum Gasteiger partial charge on any atom is -0.294 e. The van der Waals surface area contributed by atoms with Crippen molar-refractivity contribution in [3.63, 3.8) is 0 Å². The lowest BCUT2D eigenvalue weighted by atomic mass is 10.2. The molecule has 3 N–H and O–H groups in total. The van der Waals surface area contributed by atoms with Crippen LogP contribution >= 0.6 is 35.1 Å². The molecule has 2 aromatic rings. The number of amides is 1. The summed E-state index contributed by atoms with van der Waals surface area (Å²) in [6.07, 6.45) is 1.48. The van der Waals surface area contributed by atoms with Gasteiger partial charge in [0.25, 0.3) is 0 Å². The van der Waals surface area contributed by atoms with Crippen molar-refractivity contribution >= 4 is 41.0 Å². The fourth-order valence-electron chi connectivity index (χ4n) is 1.43. The van der Waals surface area contributed by atoms with Gasteiger partial charge in [0.2, 0.25) is 5.91 Å². The number of benzene rings is 1. The molecule has 0 unspecified atom stereocenters. The van der Waals surface area contributed by atoms with Gasteiger partial charge < -0.3 is 0 Å². The van der Waals surface area contributed by atoms with Crippen LogP contribution in [0.25, 0.3) is 0 Å². The number of hydrogen-bond acceptors (Lipinski definition) is 6. The third-order valence-electron chi connectivity index (χ3n) is 2.46. The Morgan fingerprint density at radius 2 is 1.95 bits per heavy atom. The molecular formula is C13H13ClN4OS2. The fraction of sp³-hybridized carbons (Fsp3) is 0.154. The van der Waals surface area contributed by atoms with Gasteiger partial charge in [0.05, 0.1) is 5.75 Å². The van der Waals surface area contributed by atoms with Crippen LogP contribution in [0.15, 0.2) is 46.7 Å². The molecule has 1 aromatic carbocycles. The maximum absolute atomic E-state index is 11.1. The molecule has 5 nitrogen and oxygen atoms in total. The van der Waals surface area contributed by atoms with Crippen molar-refractivity contribution in [2.45, 2.75) is 15.8 Å². The summed E-state index contributed by atoms with van der Waals surface area (Å²) in [5.41, 5.74) is 3.13. The monoisotopic (exact) mass is 340 g/mol. The lowest BCUT2D eigenvalue weighted by molar-refractivity contribution is -0.118. The van der Waals surface area contributed by atoms with E-state index in [2.05, 4.69) is 15.4 Å². The lowest BCUT2D eigenvalue weighted by Gasteiger charge is -2.05. The summed E-state index contributed by atoms with van der Waals surface area (Å²) in [7, 11) is 0. The quantitative estimate of drug-likeness (QED) is 0.276. The number of carbonyl (C=O) groups is 1. The molecule has 2 rings (SSSR count). The number of hydrazine groups is 1. The highest BCUT2D eigenvalue weighted by molar-refractivity contribution is 8.00. The zero-order chi connectivity index (χ0) is 15.1.